The number of carbonyl (C=O) groups is 1. The SMILES string of the molecule is O=C(CCn1cncn1)NC[C@@H]1CCCN(c2ncccn2)C1. The molecule has 23 heavy (non-hydrogen) atoms. The summed E-state index contributed by atoms with van der Waals surface area (Å²) in [5, 5.41) is 7.01. The fraction of sp³-hybridized carbons (Fsp3) is 0.533. The topological polar surface area (TPSA) is 88.8 Å². The van der Waals surface area contributed by atoms with Gasteiger partial charge in [-0.25, -0.2) is 15.0 Å². The van der Waals surface area contributed by atoms with Gasteiger partial charge >= 0.3 is 0 Å². The number of aryl methyl sites for hydroxylation is 1. The van der Waals surface area contributed by atoms with Gasteiger partial charge in [-0.15, -0.1) is 0 Å². The van der Waals surface area contributed by atoms with E-state index in [4.69, 9.17) is 0 Å². The number of anilines is 1. The molecule has 1 amide bonds. The van der Waals surface area contributed by atoms with Crippen LogP contribution in [0.4, 0.5) is 5.95 Å². The summed E-state index contributed by atoms with van der Waals surface area (Å²) >= 11 is 0. The quantitative estimate of drug-likeness (QED) is 0.834. The Balaban J connectivity index is 1.42. The monoisotopic (exact) mass is 315 g/mol. The molecule has 8 nitrogen and oxygen atoms in total. The van der Waals surface area contributed by atoms with E-state index in [1.54, 1.807) is 23.4 Å². The van der Waals surface area contributed by atoms with Gasteiger partial charge in [0.05, 0.1) is 6.54 Å². The predicted molar refractivity (Wildman–Crippen MR) is 84.6 cm³/mol. The molecular formula is C15H21N7O. The second-order valence-corrected chi connectivity index (χ2v) is 5.72. The second kappa shape index (κ2) is 7.66. The first-order valence-corrected chi connectivity index (χ1v) is 7.92. The van der Waals surface area contributed by atoms with Crippen molar-refractivity contribution in [3.63, 3.8) is 0 Å². The average molecular weight is 315 g/mol. The number of piperidine rings is 1. The Morgan fingerprint density at radius 3 is 3.00 bits per heavy atom. The van der Waals surface area contributed by atoms with Crippen LogP contribution in [0.15, 0.2) is 31.1 Å². The van der Waals surface area contributed by atoms with Gasteiger partial charge < -0.3 is 10.2 Å². The molecule has 1 aliphatic heterocycles. The number of nitrogens with zero attached hydrogens (tertiary/aromatic N) is 6. The van der Waals surface area contributed by atoms with Gasteiger partial charge in [0, 0.05) is 38.4 Å². The maximum atomic E-state index is 11.9. The molecule has 0 saturated carbocycles. The van der Waals surface area contributed by atoms with Crippen molar-refractivity contribution in [2.75, 3.05) is 24.5 Å². The number of hydrogen-bond donors (Lipinski definition) is 1. The minimum atomic E-state index is 0.0496. The second-order valence-electron chi connectivity index (χ2n) is 5.72. The molecule has 1 fully saturated rings. The normalized spacial score (nSPS) is 17.9. The van der Waals surface area contributed by atoms with Crippen molar-refractivity contribution in [1.29, 1.82) is 0 Å². The Kier molecular flexibility index (Phi) is 5.13. The Labute approximate surface area is 135 Å². The molecule has 122 valence electrons. The third-order valence-corrected chi connectivity index (χ3v) is 3.98. The molecular weight excluding hydrogens is 294 g/mol. The fourth-order valence-electron chi connectivity index (χ4n) is 2.78. The minimum absolute atomic E-state index is 0.0496. The van der Waals surface area contributed by atoms with Crippen molar-refractivity contribution < 1.29 is 4.79 Å². The third-order valence-electron chi connectivity index (χ3n) is 3.98. The van der Waals surface area contributed by atoms with Crippen LogP contribution in [0.25, 0.3) is 0 Å². The molecule has 2 aromatic rings. The molecule has 0 aromatic carbocycles. The van der Waals surface area contributed by atoms with Crippen LogP contribution in [0.1, 0.15) is 19.3 Å². The van der Waals surface area contributed by atoms with Crippen LogP contribution >= 0.6 is 0 Å². The number of rotatable bonds is 6. The summed E-state index contributed by atoms with van der Waals surface area (Å²) in [5.74, 6) is 1.26. The lowest BCUT2D eigenvalue weighted by Gasteiger charge is -2.32. The number of amides is 1. The lowest BCUT2D eigenvalue weighted by atomic mass is 9.98. The maximum Gasteiger partial charge on any atom is 0.225 e. The molecule has 0 radical (unpaired) electrons. The van der Waals surface area contributed by atoms with Gasteiger partial charge in [-0.2, -0.15) is 5.10 Å². The van der Waals surface area contributed by atoms with Crippen molar-refractivity contribution in [3.8, 4) is 0 Å². The van der Waals surface area contributed by atoms with E-state index >= 15 is 0 Å². The van der Waals surface area contributed by atoms with Crippen molar-refractivity contribution in [2.45, 2.75) is 25.8 Å². The van der Waals surface area contributed by atoms with Gasteiger partial charge in [-0.3, -0.25) is 9.48 Å². The lowest BCUT2D eigenvalue weighted by Crippen LogP contribution is -2.41. The third kappa shape index (κ3) is 4.48. The highest BCUT2D eigenvalue weighted by molar-refractivity contribution is 5.75. The van der Waals surface area contributed by atoms with E-state index < -0.39 is 0 Å². The van der Waals surface area contributed by atoms with Gasteiger partial charge in [0.2, 0.25) is 11.9 Å². The van der Waals surface area contributed by atoms with E-state index in [0.717, 1.165) is 31.9 Å². The highest BCUT2D eigenvalue weighted by Gasteiger charge is 2.21. The smallest absolute Gasteiger partial charge is 0.225 e. The van der Waals surface area contributed by atoms with Crippen LogP contribution < -0.4 is 10.2 Å². The molecule has 1 atom stereocenters. The van der Waals surface area contributed by atoms with Gasteiger partial charge in [0.1, 0.15) is 12.7 Å². The summed E-state index contributed by atoms with van der Waals surface area (Å²) in [6.07, 6.45) is 9.24. The molecule has 0 bridgehead atoms. The fourth-order valence-corrected chi connectivity index (χ4v) is 2.78. The Morgan fingerprint density at radius 2 is 2.22 bits per heavy atom. The minimum Gasteiger partial charge on any atom is -0.356 e. The average Bonchev–Trinajstić information content (AvgIpc) is 3.13. The predicted octanol–water partition coefficient (Wildman–Crippen LogP) is 0.491. The first kappa shape index (κ1) is 15.4. The van der Waals surface area contributed by atoms with Gasteiger partial charge in [0.25, 0.3) is 0 Å². The van der Waals surface area contributed by atoms with E-state index in [0.29, 0.717) is 25.4 Å². The van der Waals surface area contributed by atoms with Gasteiger partial charge in [-0.05, 0) is 24.8 Å². The van der Waals surface area contributed by atoms with Crippen LogP contribution in [0.5, 0.6) is 0 Å². The molecule has 3 rings (SSSR count). The zero-order chi connectivity index (χ0) is 15.9. The zero-order valence-electron chi connectivity index (χ0n) is 13.0. The van der Waals surface area contributed by atoms with Crippen molar-refractivity contribution in [1.82, 2.24) is 30.0 Å². The van der Waals surface area contributed by atoms with E-state index in [1.165, 1.54) is 6.33 Å². The van der Waals surface area contributed by atoms with Gasteiger partial charge in [-0.1, -0.05) is 0 Å². The number of aromatic nitrogens is 5. The molecule has 0 unspecified atom stereocenters. The van der Waals surface area contributed by atoms with E-state index in [2.05, 4.69) is 30.3 Å². The maximum absolute atomic E-state index is 11.9. The summed E-state index contributed by atoms with van der Waals surface area (Å²) < 4.78 is 1.66. The lowest BCUT2D eigenvalue weighted by molar-refractivity contribution is -0.121. The summed E-state index contributed by atoms with van der Waals surface area (Å²) in [5.41, 5.74) is 0. The van der Waals surface area contributed by atoms with Crippen LogP contribution in [0.3, 0.4) is 0 Å². The first-order chi connectivity index (χ1) is 11.3. The Morgan fingerprint density at radius 1 is 1.35 bits per heavy atom. The molecule has 1 saturated heterocycles. The van der Waals surface area contributed by atoms with E-state index in [1.807, 2.05) is 6.07 Å². The highest BCUT2D eigenvalue weighted by Crippen LogP contribution is 2.19. The first-order valence-electron chi connectivity index (χ1n) is 7.92. The Bertz CT molecular complexity index is 602. The Hall–Kier alpha value is -2.51. The summed E-state index contributed by atoms with van der Waals surface area (Å²) in [4.78, 5) is 26.6. The number of hydrogen-bond acceptors (Lipinski definition) is 6. The van der Waals surface area contributed by atoms with E-state index in [9.17, 15) is 4.79 Å². The van der Waals surface area contributed by atoms with Crippen molar-refractivity contribution >= 4 is 11.9 Å². The molecule has 3 heterocycles. The molecule has 0 aliphatic carbocycles. The van der Waals surface area contributed by atoms with Crippen LogP contribution in [-0.2, 0) is 11.3 Å². The summed E-state index contributed by atoms with van der Waals surface area (Å²) in [6, 6.07) is 1.82. The van der Waals surface area contributed by atoms with Gasteiger partial charge in [0.15, 0.2) is 0 Å². The van der Waals surface area contributed by atoms with Crippen molar-refractivity contribution in [3.05, 3.63) is 31.1 Å². The molecule has 2 aromatic heterocycles. The largest absolute Gasteiger partial charge is 0.356 e. The zero-order valence-corrected chi connectivity index (χ0v) is 13.0. The van der Waals surface area contributed by atoms with Crippen LogP contribution in [0.2, 0.25) is 0 Å². The van der Waals surface area contributed by atoms with Crippen molar-refractivity contribution in [2.24, 2.45) is 5.92 Å². The highest BCUT2D eigenvalue weighted by atomic mass is 16.1. The molecule has 1 N–H and O–H groups in total. The van der Waals surface area contributed by atoms with Crippen LogP contribution in [-0.4, -0.2) is 50.3 Å². The number of carbonyl (C=O) groups excluding carboxylic acids is 1. The molecule has 0 spiro atoms. The summed E-state index contributed by atoms with van der Waals surface area (Å²) in [6.45, 7) is 3.11. The molecule has 1 aliphatic rings. The molecule has 8 heteroatoms. The van der Waals surface area contributed by atoms with Crippen LogP contribution in [0, 0.1) is 5.92 Å². The van der Waals surface area contributed by atoms with E-state index in [-0.39, 0.29) is 5.91 Å². The summed E-state index contributed by atoms with van der Waals surface area (Å²) in [7, 11) is 0. The standard InChI is InChI=1S/C15H21N7O/c23-14(4-8-22-12-16-11-20-22)19-9-13-3-1-7-21(10-13)15-17-5-2-6-18-15/h2,5-6,11-13H,1,3-4,7-10H2,(H,19,23)/t13-/m0/s1. The number of nitrogens with one attached hydrogen (secondary N) is 1.